The lowest BCUT2D eigenvalue weighted by atomic mass is 10.2. The molecule has 3 heterocycles. The van der Waals surface area contributed by atoms with Crippen LogP contribution >= 0.6 is 0 Å². The van der Waals surface area contributed by atoms with Crippen LogP contribution in [0, 0.1) is 0 Å². The predicted octanol–water partition coefficient (Wildman–Crippen LogP) is 2.21. The molecule has 0 bridgehead atoms. The van der Waals surface area contributed by atoms with Crippen LogP contribution in [0.25, 0.3) is 10.9 Å². The topological polar surface area (TPSA) is 137 Å². The monoisotopic (exact) mass is 415 g/mol. The molecule has 1 aromatic carbocycles. The van der Waals surface area contributed by atoms with Crippen LogP contribution in [0.5, 0.6) is 5.75 Å². The molecule has 4 rings (SSSR count). The zero-order valence-electron chi connectivity index (χ0n) is 16.1. The summed E-state index contributed by atoms with van der Waals surface area (Å²) in [6, 6.07) is 14.3. The van der Waals surface area contributed by atoms with Crippen molar-refractivity contribution in [2.45, 2.75) is 6.54 Å². The van der Waals surface area contributed by atoms with Gasteiger partial charge in [0.25, 0.3) is 11.8 Å². The number of rotatable bonds is 5. The Hall–Kier alpha value is -4.53. The maximum Gasteiger partial charge on any atom is 0.279 e. The van der Waals surface area contributed by atoms with Gasteiger partial charge in [0.05, 0.1) is 0 Å². The number of hydrogen-bond donors (Lipinski definition) is 4. The molecule has 0 aliphatic rings. The van der Waals surface area contributed by atoms with Gasteiger partial charge in [-0.15, -0.1) is 0 Å². The Morgan fingerprint density at radius 3 is 2.65 bits per heavy atom. The summed E-state index contributed by atoms with van der Waals surface area (Å²) in [5.41, 5.74) is 1.03. The van der Waals surface area contributed by atoms with Crippen molar-refractivity contribution in [3.8, 4) is 5.75 Å². The van der Waals surface area contributed by atoms with Gasteiger partial charge in [-0.05, 0) is 42.0 Å². The molecule has 0 saturated heterocycles. The van der Waals surface area contributed by atoms with E-state index < -0.39 is 11.8 Å². The largest absolute Gasteiger partial charge is 0.505 e. The van der Waals surface area contributed by atoms with Gasteiger partial charge in [-0.2, -0.15) is 0 Å². The lowest BCUT2D eigenvalue weighted by molar-refractivity contribution is 0.0945. The highest BCUT2D eigenvalue weighted by Gasteiger charge is 2.14. The van der Waals surface area contributed by atoms with Gasteiger partial charge < -0.3 is 20.7 Å². The number of hydrogen-bond acceptors (Lipinski definition) is 6. The number of H-pyrrole nitrogens is 1. The molecule has 4 N–H and O–H groups in total. The van der Waals surface area contributed by atoms with Crippen LogP contribution in [0.15, 0.2) is 71.8 Å². The van der Waals surface area contributed by atoms with Gasteiger partial charge in [-0.1, -0.05) is 12.1 Å². The quantitative estimate of drug-likeness (QED) is 0.394. The number of fused-ring (bicyclic) bond motifs is 1. The molecule has 0 aliphatic carbocycles. The first-order chi connectivity index (χ1) is 15.0. The van der Waals surface area contributed by atoms with Crippen molar-refractivity contribution < 1.29 is 14.7 Å². The van der Waals surface area contributed by atoms with Crippen molar-refractivity contribution in [2.75, 3.05) is 5.32 Å². The first-order valence-electron chi connectivity index (χ1n) is 9.32. The van der Waals surface area contributed by atoms with Gasteiger partial charge in [0.2, 0.25) is 0 Å². The average Bonchev–Trinajstić information content (AvgIpc) is 2.78. The van der Waals surface area contributed by atoms with Crippen molar-refractivity contribution in [1.82, 2.24) is 20.3 Å². The highest BCUT2D eigenvalue weighted by molar-refractivity contribution is 6.04. The van der Waals surface area contributed by atoms with Gasteiger partial charge in [0, 0.05) is 35.9 Å². The van der Waals surface area contributed by atoms with E-state index >= 15 is 0 Å². The Morgan fingerprint density at radius 2 is 1.81 bits per heavy atom. The fraction of sp³-hybridized carbons (Fsp3) is 0.0455. The van der Waals surface area contributed by atoms with Gasteiger partial charge in [-0.3, -0.25) is 14.4 Å². The third-order valence-electron chi connectivity index (χ3n) is 4.50. The number of amides is 2. The first-order valence-corrected chi connectivity index (χ1v) is 9.32. The zero-order valence-corrected chi connectivity index (χ0v) is 16.1. The van der Waals surface area contributed by atoms with Gasteiger partial charge in [-0.25, -0.2) is 9.97 Å². The fourth-order valence-corrected chi connectivity index (χ4v) is 3.00. The van der Waals surface area contributed by atoms with Crippen molar-refractivity contribution >= 4 is 28.5 Å². The summed E-state index contributed by atoms with van der Waals surface area (Å²) >= 11 is 0. The molecule has 154 valence electrons. The number of para-hydroxylation sites is 1. The van der Waals surface area contributed by atoms with Crippen molar-refractivity contribution in [2.24, 2.45) is 0 Å². The van der Waals surface area contributed by atoms with E-state index in [0.29, 0.717) is 16.5 Å². The summed E-state index contributed by atoms with van der Waals surface area (Å²) in [5.74, 6) is -1.06. The van der Waals surface area contributed by atoms with Gasteiger partial charge in [0.1, 0.15) is 17.3 Å². The first kappa shape index (κ1) is 19.8. The molecule has 31 heavy (non-hydrogen) atoms. The van der Waals surface area contributed by atoms with Crippen LogP contribution in [-0.4, -0.2) is 31.9 Å². The predicted molar refractivity (Wildman–Crippen MR) is 114 cm³/mol. The van der Waals surface area contributed by atoms with E-state index in [0.717, 1.165) is 0 Å². The molecule has 0 saturated carbocycles. The molecule has 0 atom stereocenters. The summed E-state index contributed by atoms with van der Waals surface area (Å²) in [6.07, 6.45) is 2.87. The molecular formula is C22H17N5O4. The van der Waals surface area contributed by atoms with E-state index in [1.54, 1.807) is 36.4 Å². The van der Waals surface area contributed by atoms with E-state index in [1.165, 1.54) is 30.6 Å². The number of aromatic amines is 1. The fourth-order valence-electron chi connectivity index (χ4n) is 3.00. The normalized spacial score (nSPS) is 10.6. The third kappa shape index (κ3) is 4.40. The van der Waals surface area contributed by atoms with Crippen molar-refractivity contribution in [3.05, 3.63) is 94.2 Å². The Kier molecular flexibility index (Phi) is 5.39. The number of benzene rings is 1. The zero-order chi connectivity index (χ0) is 21.8. The highest BCUT2D eigenvalue weighted by Crippen LogP contribution is 2.15. The number of nitrogens with one attached hydrogen (secondary N) is 3. The summed E-state index contributed by atoms with van der Waals surface area (Å²) in [4.78, 5) is 47.8. The third-order valence-corrected chi connectivity index (χ3v) is 4.50. The lowest BCUT2D eigenvalue weighted by Crippen LogP contribution is -2.25. The van der Waals surface area contributed by atoms with Crippen molar-refractivity contribution in [1.29, 1.82) is 0 Å². The second-order valence-corrected chi connectivity index (χ2v) is 6.65. The van der Waals surface area contributed by atoms with Crippen LogP contribution in [-0.2, 0) is 6.54 Å². The Labute approximate surface area is 175 Å². The van der Waals surface area contributed by atoms with Crippen LogP contribution in [0.3, 0.4) is 0 Å². The van der Waals surface area contributed by atoms with Gasteiger partial charge in [0.15, 0.2) is 11.1 Å². The smallest absolute Gasteiger partial charge is 0.279 e. The molecule has 3 aromatic heterocycles. The van der Waals surface area contributed by atoms with E-state index in [-0.39, 0.29) is 34.9 Å². The molecule has 0 unspecified atom stereocenters. The van der Waals surface area contributed by atoms with Crippen LogP contribution in [0.4, 0.5) is 5.82 Å². The number of aromatic hydroxyl groups is 1. The second-order valence-electron chi connectivity index (χ2n) is 6.65. The molecule has 2 amide bonds. The minimum Gasteiger partial charge on any atom is -0.505 e. The molecule has 0 fully saturated rings. The van der Waals surface area contributed by atoms with Crippen LogP contribution in [0.2, 0.25) is 0 Å². The van der Waals surface area contributed by atoms with E-state index in [4.69, 9.17) is 0 Å². The molecule has 4 aromatic rings. The minimum absolute atomic E-state index is 0.122. The summed E-state index contributed by atoms with van der Waals surface area (Å²) < 4.78 is 0. The summed E-state index contributed by atoms with van der Waals surface area (Å²) in [6.45, 7) is 0.147. The molecule has 0 aliphatic heterocycles. The molecule has 9 nitrogen and oxygen atoms in total. The Morgan fingerprint density at radius 1 is 0.968 bits per heavy atom. The highest BCUT2D eigenvalue weighted by atomic mass is 16.3. The molecule has 9 heteroatoms. The summed E-state index contributed by atoms with van der Waals surface area (Å²) in [7, 11) is 0. The number of aromatic nitrogens is 3. The minimum atomic E-state index is -0.611. The van der Waals surface area contributed by atoms with E-state index in [9.17, 15) is 19.5 Å². The number of nitrogens with zero attached hydrogens (tertiary/aromatic N) is 2. The van der Waals surface area contributed by atoms with E-state index in [1.807, 2.05) is 0 Å². The van der Waals surface area contributed by atoms with E-state index in [2.05, 4.69) is 25.6 Å². The average molecular weight is 415 g/mol. The molecule has 0 spiro atoms. The standard InChI is InChI=1S/C22H17N5O4/c28-17-6-3-8-24-20(17)22(31)27-19-10-13(7-9-23-19)12-25-21(30)16-11-18(29)14-4-1-2-5-15(14)26-16/h1-11,28H,12H2,(H,25,30)(H,26,29)(H,23,27,31). The Balaban J connectivity index is 1.45. The second kappa shape index (κ2) is 8.46. The van der Waals surface area contributed by atoms with Gasteiger partial charge >= 0.3 is 0 Å². The van der Waals surface area contributed by atoms with Crippen LogP contribution in [0.1, 0.15) is 26.5 Å². The number of pyridine rings is 3. The maximum absolute atomic E-state index is 12.5. The number of carbonyl (C=O) groups is 2. The maximum atomic E-state index is 12.5. The number of carbonyl (C=O) groups excluding carboxylic acids is 2. The SMILES string of the molecule is O=C(NCc1ccnc(NC(=O)c2ncccc2O)c1)c1cc(=O)c2ccccc2[nH]1. The van der Waals surface area contributed by atoms with Crippen LogP contribution < -0.4 is 16.1 Å². The Bertz CT molecular complexity index is 1350. The molecule has 0 radical (unpaired) electrons. The summed E-state index contributed by atoms with van der Waals surface area (Å²) in [5, 5.41) is 15.5. The number of anilines is 1. The lowest BCUT2D eigenvalue weighted by Gasteiger charge is -2.09. The van der Waals surface area contributed by atoms with Crippen molar-refractivity contribution in [3.63, 3.8) is 0 Å². The molecular weight excluding hydrogens is 398 g/mol.